The van der Waals surface area contributed by atoms with Crippen molar-refractivity contribution in [1.82, 2.24) is 19.7 Å². The number of nitrogens with zero attached hydrogens (tertiary/aromatic N) is 4. The van der Waals surface area contributed by atoms with Crippen LogP contribution in [0.15, 0.2) is 70.1 Å². The molecule has 0 bridgehead atoms. The van der Waals surface area contributed by atoms with Gasteiger partial charge in [-0.25, -0.2) is 19.4 Å². The molecule has 3 aromatic heterocycles. The molecular weight excluding hydrogens is 505 g/mol. The fraction of sp³-hybridized carbons (Fsp3) is 0.130. The van der Waals surface area contributed by atoms with Gasteiger partial charge in [-0.15, -0.1) is 0 Å². The molecule has 0 aliphatic heterocycles. The number of rotatable bonds is 4. The first-order valence-corrected chi connectivity index (χ1v) is 10.8. The number of fused-ring (bicyclic) bond motifs is 2. The van der Waals surface area contributed by atoms with Gasteiger partial charge in [0.2, 0.25) is 0 Å². The van der Waals surface area contributed by atoms with Crippen molar-refractivity contribution in [1.29, 1.82) is 0 Å². The van der Waals surface area contributed by atoms with Crippen LogP contribution in [0.5, 0.6) is 0 Å². The molecular formula is C23H18IN5O2. The number of hydrogen-bond acceptors (Lipinski definition) is 6. The smallest absolute Gasteiger partial charge is 0.343 e. The Morgan fingerprint density at radius 3 is 2.55 bits per heavy atom. The highest BCUT2D eigenvalue weighted by atomic mass is 127. The van der Waals surface area contributed by atoms with Crippen molar-refractivity contribution in [3.8, 4) is 0 Å². The average molecular weight is 523 g/mol. The Morgan fingerprint density at radius 2 is 1.77 bits per heavy atom. The fourth-order valence-corrected chi connectivity index (χ4v) is 4.68. The predicted octanol–water partition coefficient (Wildman–Crippen LogP) is 4.32. The molecule has 0 aliphatic carbocycles. The third-order valence-electron chi connectivity index (χ3n) is 5.42. The summed E-state index contributed by atoms with van der Waals surface area (Å²) in [5, 5.41) is 6.79. The van der Waals surface area contributed by atoms with E-state index in [4.69, 9.17) is 10.2 Å². The minimum atomic E-state index is -0.378. The van der Waals surface area contributed by atoms with E-state index in [1.807, 2.05) is 43.3 Å². The van der Waals surface area contributed by atoms with Gasteiger partial charge in [0, 0.05) is 12.0 Å². The van der Waals surface area contributed by atoms with E-state index >= 15 is 0 Å². The average Bonchev–Trinajstić information content (AvgIpc) is 3.13. The van der Waals surface area contributed by atoms with Crippen molar-refractivity contribution in [3.63, 3.8) is 0 Å². The number of halogens is 1. The summed E-state index contributed by atoms with van der Waals surface area (Å²) in [6.07, 6.45) is 2.04. The second kappa shape index (κ2) is 7.77. The van der Waals surface area contributed by atoms with Crippen LogP contribution >= 0.6 is 22.6 Å². The maximum Gasteiger partial charge on any atom is 0.343 e. The molecule has 154 valence electrons. The molecule has 3 heterocycles. The summed E-state index contributed by atoms with van der Waals surface area (Å²) in [6.45, 7) is 1.95. The van der Waals surface area contributed by atoms with Gasteiger partial charge in [-0.2, -0.15) is 5.10 Å². The van der Waals surface area contributed by atoms with Gasteiger partial charge >= 0.3 is 5.63 Å². The Balaban J connectivity index is 1.76. The first-order chi connectivity index (χ1) is 15.0. The highest BCUT2D eigenvalue weighted by molar-refractivity contribution is 14.1. The molecule has 0 spiro atoms. The van der Waals surface area contributed by atoms with E-state index in [0.717, 1.165) is 16.5 Å². The van der Waals surface area contributed by atoms with Crippen molar-refractivity contribution >= 4 is 50.2 Å². The highest BCUT2D eigenvalue weighted by Crippen LogP contribution is 2.32. The Hall–Kier alpha value is -3.27. The third kappa shape index (κ3) is 3.36. The Morgan fingerprint density at radius 1 is 1.06 bits per heavy atom. The van der Waals surface area contributed by atoms with Gasteiger partial charge in [0.05, 0.1) is 10.8 Å². The standard InChI is InChI=1S/C23H18IN5O2/c1-13(29-22-18(20(24)28-29)21(25)26-12-27-22)19-17(11-14-7-3-2-4-8-14)15-9-5-6-10-16(15)23(30)31-19/h2-10,12-13H,11H2,1H3,(H2,25,26,27). The normalized spacial score (nSPS) is 12.5. The molecule has 31 heavy (non-hydrogen) atoms. The molecule has 0 fully saturated rings. The second-order valence-electron chi connectivity index (χ2n) is 7.31. The van der Waals surface area contributed by atoms with E-state index in [1.165, 1.54) is 6.33 Å². The summed E-state index contributed by atoms with van der Waals surface area (Å²) in [4.78, 5) is 21.3. The zero-order chi connectivity index (χ0) is 21.5. The van der Waals surface area contributed by atoms with E-state index < -0.39 is 0 Å². The van der Waals surface area contributed by atoms with Crippen LogP contribution in [-0.2, 0) is 6.42 Å². The Labute approximate surface area is 191 Å². The Bertz CT molecular complexity index is 1480. The van der Waals surface area contributed by atoms with Gasteiger partial charge in [0.15, 0.2) is 5.65 Å². The van der Waals surface area contributed by atoms with Gasteiger partial charge in [0.25, 0.3) is 0 Å². The minimum Gasteiger partial charge on any atom is -0.425 e. The maximum absolute atomic E-state index is 12.8. The van der Waals surface area contributed by atoms with E-state index in [-0.39, 0.29) is 11.7 Å². The topological polar surface area (TPSA) is 99.8 Å². The minimum absolute atomic E-state index is 0.366. The summed E-state index contributed by atoms with van der Waals surface area (Å²) in [7, 11) is 0. The maximum atomic E-state index is 12.8. The van der Waals surface area contributed by atoms with E-state index in [2.05, 4.69) is 49.8 Å². The van der Waals surface area contributed by atoms with Gasteiger partial charge in [0.1, 0.15) is 27.6 Å². The molecule has 1 unspecified atom stereocenters. The molecule has 1 atom stereocenters. The summed E-state index contributed by atoms with van der Waals surface area (Å²) < 4.78 is 8.35. The molecule has 5 aromatic rings. The first kappa shape index (κ1) is 19.7. The lowest BCUT2D eigenvalue weighted by molar-refractivity contribution is 0.397. The fourth-order valence-electron chi connectivity index (χ4n) is 3.93. The number of anilines is 1. The van der Waals surface area contributed by atoms with E-state index in [1.54, 1.807) is 10.7 Å². The first-order valence-electron chi connectivity index (χ1n) is 9.77. The van der Waals surface area contributed by atoms with Crippen molar-refractivity contribution in [2.24, 2.45) is 0 Å². The van der Waals surface area contributed by atoms with Crippen LogP contribution in [0, 0.1) is 3.70 Å². The lowest BCUT2D eigenvalue weighted by Gasteiger charge is -2.18. The molecule has 2 aromatic carbocycles. The SMILES string of the molecule is CC(c1oc(=O)c2ccccc2c1Cc1ccccc1)n1nc(I)c2c(N)ncnc21. The van der Waals surface area contributed by atoms with Crippen molar-refractivity contribution in [2.45, 2.75) is 19.4 Å². The molecule has 0 saturated heterocycles. The highest BCUT2D eigenvalue weighted by Gasteiger charge is 2.24. The number of hydrogen-bond donors (Lipinski definition) is 1. The van der Waals surface area contributed by atoms with Gasteiger partial charge in [-0.1, -0.05) is 48.5 Å². The van der Waals surface area contributed by atoms with Crippen LogP contribution in [0.4, 0.5) is 5.82 Å². The van der Waals surface area contributed by atoms with Crippen molar-refractivity contribution < 1.29 is 4.42 Å². The molecule has 0 aliphatic rings. The zero-order valence-corrected chi connectivity index (χ0v) is 18.8. The molecule has 7 nitrogen and oxygen atoms in total. The summed E-state index contributed by atoms with van der Waals surface area (Å²) in [6, 6.07) is 17.3. The lowest BCUT2D eigenvalue weighted by Crippen LogP contribution is -2.16. The van der Waals surface area contributed by atoms with Gasteiger partial charge < -0.3 is 10.2 Å². The predicted molar refractivity (Wildman–Crippen MR) is 128 cm³/mol. The van der Waals surface area contributed by atoms with Crippen LogP contribution in [-0.4, -0.2) is 19.7 Å². The summed E-state index contributed by atoms with van der Waals surface area (Å²) >= 11 is 2.12. The van der Waals surface area contributed by atoms with E-state index in [9.17, 15) is 4.79 Å². The van der Waals surface area contributed by atoms with Crippen LogP contribution in [0.25, 0.3) is 21.8 Å². The van der Waals surface area contributed by atoms with Crippen LogP contribution in [0.3, 0.4) is 0 Å². The molecule has 0 saturated carbocycles. The lowest BCUT2D eigenvalue weighted by atomic mass is 9.96. The molecule has 0 amide bonds. The van der Waals surface area contributed by atoms with Crippen LogP contribution in [0.2, 0.25) is 0 Å². The largest absolute Gasteiger partial charge is 0.425 e. The molecule has 0 radical (unpaired) electrons. The Kier molecular flexibility index (Phi) is 4.93. The third-order valence-corrected chi connectivity index (χ3v) is 6.17. The van der Waals surface area contributed by atoms with Crippen molar-refractivity contribution in [2.75, 3.05) is 5.73 Å². The molecule has 8 heteroatoms. The number of nitrogen functional groups attached to an aromatic ring is 1. The quantitative estimate of drug-likeness (QED) is 0.353. The van der Waals surface area contributed by atoms with Crippen LogP contribution in [0.1, 0.15) is 29.9 Å². The van der Waals surface area contributed by atoms with E-state index in [0.29, 0.717) is 38.1 Å². The number of nitrogens with two attached hydrogens (primary N) is 1. The molecule has 5 rings (SSSR count). The van der Waals surface area contributed by atoms with Crippen molar-refractivity contribution in [3.05, 3.63) is 91.9 Å². The van der Waals surface area contributed by atoms with Crippen LogP contribution < -0.4 is 11.4 Å². The second-order valence-corrected chi connectivity index (χ2v) is 8.33. The number of benzene rings is 2. The number of aromatic nitrogens is 4. The van der Waals surface area contributed by atoms with Gasteiger partial charge in [-0.05, 0) is 46.5 Å². The molecule has 2 N–H and O–H groups in total. The summed E-state index contributed by atoms with van der Waals surface area (Å²) in [5.74, 6) is 0.933. The summed E-state index contributed by atoms with van der Waals surface area (Å²) in [5.41, 5.74) is 8.37. The van der Waals surface area contributed by atoms with Gasteiger partial charge in [-0.3, -0.25) is 0 Å². The zero-order valence-electron chi connectivity index (χ0n) is 16.6. The monoisotopic (exact) mass is 523 g/mol.